The van der Waals surface area contributed by atoms with E-state index < -0.39 is 0 Å². The van der Waals surface area contributed by atoms with Crippen LogP contribution in [-0.2, 0) is 16.1 Å². The van der Waals surface area contributed by atoms with Gasteiger partial charge in [0.1, 0.15) is 34.8 Å². The van der Waals surface area contributed by atoms with E-state index in [0.29, 0.717) is 19.0 Å². The van der Waals surface area contributed by atoms with E-state index in [1.807, 2.05) is 37.3 Å². The van der Waals surface area contributed by atoms with Gasteiger partial charge in [-0.15, -0.1) is 11.3 Å². The second-order valence-electron chi connectivity index (χ2n) is 6.72. The van der Waals surface area contributed by atoms with E-state index >= 15 is 0 Å². The van der Waals surface area contributed by atoms with E-state index in [1.54, 1.807) is 25.6 Å². The second-order valence-corrected chi connectivity index (χ2v) is 7.58. The summed E-state index contributed by atoms with van der Waals surface area (Å²) in [7, 11) is 3.32. The Kier molecular flexibility index (Phi) is 5.89. The summed E-state index contributed by atoms with van der Waals surface area (Å²) < 4.78 is 16.6. The predicted octanol–water partition coefficient (Wildman–Crippen LogP) is 5.21. The minimum Gasteiger partial charge on any atom is -0.464 e. The number of furan rings is 1. The predicted molar refractivity (Wildman–Crippen MR) is 115 cm³/mol. The molecule has 0 aliphatic heterocycles. The Morgan fingerprint density at radius 1 is 1.07 bits per heavy atom. The Hall–Kier alpha value is -2.74. The molecule has 3 aromatic heterocycles. The van der Waals surface area contributed by atoms with E-state index in [2.05, 4.69) is 27.8 Å². The molecular weight excluding hydrogens is 386 g/mol. The number of rotatable bonds is 8. The Labute approximate surface area is 173 Å². The van der Waals surface area contributed by atoms with Crippen LogP contribution < -0.4 is 5.32 Å². The first-order chi connectivity index (χ1) is 14.2. The van der Waals surface area contributed by atoms with Crippen molar-refractivity contribution in [2.24, 2.45) is 0 Å². The van der Waals surface area contributed by atoms with Crippen molar-refractivity contribution in [3.8, 4) is 11.1 Å². The van der Waals surface area contributed by atoms with Gasteiger partial charge >= 0.3 is 0 Å². The maximum atomic E-state index is 5.85. The summed E-state index contributed by atoms with van der Waals surface area (Å²) >= 11 is 1.60. The molecule has 29 heavy (non-hydrogen) atoms. The van der Waals surface area contributed by atoms with Gasteiger partial charge in [-0.25, -0.2) is 9.97 Å². The van der Waals surface area contributed by atoms with E-state index in [4.69, 9.17) is 18.9 Å². The van der Waals surface area contributed by atoms with Gasteiger partial charge in [0.15, 0.2) is 5.82 Å². The van der Waals surface area contributed by atoms with E-state index in [0.717, 1.165) is 38.7 Å². The normalized spacial score (nSPS) is 12.4. The summed E-state index contributed by atoms with van der Waals surface area (Å²) in [6.07, 6.45) is 0. The number of nitrogens with one attached hydrogen (secondary N) is 1. The second kappa shape index (κ2) is 8.73. The number of anilines is 1. The van der Waals surface area contributed by atoms with Crippen LogP contribution in [0.5, 0.6) is 0 Å². The highest BCUT2D eigenvalue weighted by atomic mass is 32.1. The minimum atomic E-state index is -0.175. The van der Waals surface area contributed by atoms with Crippen molar-refractivity contribution in [1.82, 2.24) is 9.97 Å². The largest absolute Gasteiger partial charge is 0.464 e. The first-order valence-corrected chi connectivity index (χ1v) is 10.2. The Bertz CT molecular complexity index is 1090. The quantitative estimate of drug-likeness (QED) is 0.431. The van der Waals surface area contributed by atoms with Gasteiger partial charge in [0.05, 0.1) is 12.0 Å². The summed E-state index contributed by atoms with van der Waals surface area (Å²) in [5, 5.41) is 6.64. The Morgan fingerprint density at radius 2 is 1.90 bits per heavy atom. The third kappa shape index (κ3) is 4.17. The number of thiophene rings is 1. The molecule has 7 heteroatoms. The van der Waals surface area contributed by atoms with Gasteiger partial charge in [-0.05, 0) is 24.6 Å². The Balaban J connectivity index is 1.82. The van der Waals surface area contributed by atoms with Gasteiger partial charge in [-0.1, -0.05) is 30.3 Å². The van der Waals surface area contributed by atoms with Crippen LogP contribution in [-0.4, -0.2) is 30.8 Å². The SMILES string of the molecule is COCc1nc(NC(COC)c2ccc(C)o2)c2c(-c3ccccc3)csc2n1. The molecule has 0 amide bonds. The number of benzene rings is 1. The third-order valence-electron chi connectivity index (χ3n) is 4.59. The van der Waals surface area contributed by atoms with Crippen LogP contribution in [0.15, 0.2) is 52.3 Å². The first-order valence-electron chi connectivity index (χ1n) is 9.34. The van der Waals surface area contributed by atoms with Crippen LogP contribution >= 0.6 is 11.3 Å². The lowest BCUT2D eigenvalue weighted by atomic mass is 10.1. The molecule has 0 aliphatic carbocycles. The average molecular weight is 410 g/mol. The first kappa shape index (κ1) is 19.6. The van der Waals surface area contributed by atoms with E-state index in [1.165, 1.54) is 0 Å². The molecule has 6 nitrogen and oxygen atoms in total. The number of fused-ring (bicyclic) bond motifs is 1. The van der Waals surface area contributed by atoms with Crippen LogP contribution in [0.3, 0.4) is 0 Å². The number of ether oxygens (including phenoxy) is 2. The van der Waals surface area contributed by atoms with Crippen molar-refractivity contribution >= 4 is 27.4 Å². The molecule has 0 bridgehead atoms. The highest BCUT2D eigenvalue weighted by Crippen LogP contribution is 2.38. The van der Waals surface area contributed by atoms with Gasteiger partial charge in [0.25, 0.3) is 0 Å². The molecule has 1 aromatic carbocycles. The van der Waals surface area contributed by atoms with Crippen molar-refractivity contribution < 1.29 is 13.9 Å². The molecule has 0 fully saturated rings. The van der Waals surface area contributed by atoms with Gasteiger partial charge < -0.3 is 19.2 Å². The monoisotopic (exact) mass is 409 g/mol. The summed E-state index contributed by atoms with van der Waals surface area (Å²) in [6, 6.07) is 14.0. The zero-order valence-corrected chi connectivity index (χ0v) is 17.5. The smallest absolute Gasteiger partial charge is 0.158 e. The van der Waals surface area contributed by atoms with E-state index in [9.17, 15) is 0 Å². The molecule has 1 N–H and O–H groups in total. The molecule has 3 heterocycles. The number of aromatic nitrogens is 2. The van der Waals surface area contributed by atoms with Crippen LogP contribution in [0.4, 0.5) is 5.82 Å². The molecule has 0 spiro atoms. The lowest BCUT2D eigenvalue weighted by Gasteiger charge is -2.18. The molecule has 0 radical (unpaired) electrons. The van der Waals surface area contributed by atoms with Gasteiger partial charge in [-0.2, -0.15) is 0 Å². The number of methoxy groups -OCH3 is 2. The molecule has 4 rings (SSSR count). The average Bonchev–Trinajstić information content (AvgIpc) is 3.35. The number of hydrogen-bond donors (Lipinski definition) is 1. The molecule has 0 saturated carbocycles. The van der Waals surface area contributed by atoms with Crippen LogP contribution in [0.2, 0.25) is 0 Å². The molecule has 4 aromatic rings. The van der Waals surface area contributed by atoms with E-state index in [-0.39, 0.29) is 6.04 Å². The Morgan fingerprint density at radius 3 is 2.59 bits per heavy atom. The van der Waals surface area contributed by atoms with Crippen LogP contribution in [0.25, 0.3) is 21.3 Å². The number of aryl methyl sites for hydroxylation is 1. The highest BCUT2D eigenvalue weighted by molar-refractivity contribution is 7.17. The maximum Gasteiger partial charge on any atom is 0.158 e. The fourth-order valence-electron chi connectivity index (χ4n) is 3.28. The van der Waals surface area contributed by atoms with Crippen molar-refractivity contribution in [2.75, 3.05) is 26.1 Å². The fraction of sp³-hybridized carbons (Fsp3) is 0.273. The lowest BCUT2D eigenvalue weighted by molar-refractivity contribution is 0.176. The summed E-state index contributed by atoms with van der Waals surface area (Å²) in [5.74, 6) is 3.05. The molecule has 0 aliphatic rings. The fourth-order valence-corrected chi connectivity index (χ4v) is 4.25. The minimum absolute atomic E-state index is 0.175. The maximum absolute atomic E-state index is 5.85. The zero-order chi connectivity index (χ0) is 20.2. The van der Waals surface area contributed by atoms with Crippen LogP contribution in [0.1, 0.15) is 23.4 Å². The van der Waals surface area contributed by atoms with Crippen molar-refractivity contribution in [1.29, 1.82) is 0 Å². The summed E-state index contributed by atoms with van der Waals surface area (Å²) in [6.45, 7) is 2.72. The van der Waals surface area contributed by atoms with Crippen molar-refractivity contribution in [3.05, 3.63) is 65.2 Å². The van der Waals surface area contributed by atoms with Crippen molar-refractivity contribution in [2.45, 2.75) is 19.6 Å². The summed E-state index contributed by atoms with van der Waals surface area (Å²) in [5.41, 5.74) is 2.23. The van der Waals surface area contributed by atoms with Crippen LogP contribution in [0, 0.1) is 6.92 Å². The molecular formula is C22H23N3O3S. The van der Waals surface area contributed by atoms with Crippen molar-refractivity contribution in [3.63, 3.8) is 0 Å². The van der Waals surface area contributed by atoms with Gasteiger partial charge in [-0.3, -0.25) is 0 Å². The molecule has 1 unspecified atom stereocenters. The molecule has 0 saturated heterocycles. The third-order valence-corrected chi connectivity index (χ3v) is 5.46. The zero-order valence-electron chi connectivity index (χ0n) is 16.6. The number of hydrogen-bond acceptors (Lipinski definition) is 7. The van der Waals surface area contributed by atoms with Gasteiger partial charge in [0.2, 0.25) is 0 Å². The summed E-state index contributed by atoms with van der Waals surface area (Å²) in [4.78, 5) is 10.4. The number of nitrogens with zero attached hydrogens (tertiary/aromatic N) is 2. The lowest BCUT2D eigenvalue weighted by Crippen LogP contribution is -2.17. The topological polar surface area (TPSA) is 69.4 Å². The highest BCUT2D eigenvalue weighted by Gasteiger charge is 2.21. The standard InChI is InChI=1S/C22H23N3O3S/c1-14-9-10-18(28-14)17(11-26-2)23-21-20-16(15-7-5-4-6-8-15)13-29-22(20)25-19(24-21)12-27-3/h4-10,13,17H,11-12H2,1-3H3,(H,23,24,25). The molecule has 150 valence electrons. The molecule has 1 atom stereocenters. The van der Waals surface area contributed by atoms with Gasteiger partial charge in [0, 0.05) is 25.2 Å².